The first-order valence-corrected chi connectivity index (χ1v) is 5.07. The van der Waals surface area contributed by atoms with E-state index in [1.807, 2.05) is 18.2 Å². The lowest BCUT2D eigenvalue weighted by molar-refractivity contribution is -0.118. The second-order valence-corrected chi connectivity index (χ2v) is 4.09. The van der Waals surface area contributed by atoms with E-state index in [2.05, 4.69) is 21.0 Å². The number of hydrogen-bond donors (Lipinski definition) is 2. The standard InChI is InChI=1S/C9H9BrN4O/c10-5-1-2-6-7(3-5)14(4-8(11)15)13-9(6)12/h1-3H,4H2,(H2,11,15)(H2,12,13). The average molecular weight is 269 g/mol. The quantitative estimate of drug-likeness (QED) is 0.847. The third-order valence-electron chi connectivity index (χ3n) is 2.05. The number of anilines is 1. The number of nitrogens with two attached hydrogens (primary N) is 2. The van der Waals surface area contributed by atoms with Crippen LogP contribution < -0.4 is 11.5 Å². The van der Waals surface area contributed by atoms with Crippen LogP contribution in [-0.4, -0.2) is 15.7 Å². The van der Waals surface area contributed by atoms with Gasteiger partial charge in [-0.2, -0.15) is 5.10 Å². The first kappa shape index (κ1) is 9.97. The lowest BCUT2D eigenvalue weighted by atomic mass is 10.2. The zero-order valence-electron chi connectivity index (χ0n) is 7.77. The van der Waals surface area contributed by atoms with Crippen molar-refractivity contribution >= 4 is 38.6 Å². The van der Waals surface area contributed by atoms with Crippen molar-refractivity contribution in [2.75, 3.05) is 5.73 Å². The van der Waals surface area contributed by atoms with Crippen LogP contribution in [-0.2, 0) is 11.3 Å². The predicted octanol–water partition coefficient (Wildman–Crippen LogP) is 0.866. The topological polar surface area (TPSA) is 86.9 Å². The molecule has 1 aromatic heterocycles. The van der Waals surface area contributed by atoms with Crippen LogP contribution in [0.5, 0.6) is 0 Å². The molecule has 78 valence electrons. The predicted molar refractivity (Wildman–Crippen MR) is 61.0 cm³/mol. The molecule has 1 heterocycles. The molecular weight excluding hydrogens is 260 g/mol. The molecule has 0 saturated carbocycles. The number of hydrogen-bond acceptors (Lipinski definition) is 3. The van der Waals surface area contributed by atoms with Crippen LogP contribution in [0, 0.1) is 0 Å². The van der Waals surface area contributed by atoms with E-state index < -0.39 is 5.91 Å². The van der Waals surface area contributed by atoms with Crippen molar-refractivity contribution in [3.8, 4) is 0 Å². The molecule has 4 N–H and O–H groups in total. The fourth-order valence-electron chi connectivity index (χ4n) is 1.44. The third-order valence-corrected chi connectivity index (χ3v) is 2.54. The van der Waals surface area contributed by atoms with Gasteiger partial charge >= 0.3 is 0 Å². The summed E-state index contributed by atoms with van der Waals surface area (Å²) < 4.78 is 2.40. The van der Waals surface area contributed by atoms with Crippen molar-refractivity contribution < 1.29 is 4.79 Å². The number of carbonyl (C=O) groups excluding carboxylic acids is 1. The lowest BCUT2D eigenvalue weighted by Gasteiger charge is -1.99. The highest BCUT2D eigenvalue weighted by atomic mass is 79.9. The van der Waals surface area contributed by atoms with Gasteiger partial charge in [0.05, 0.1) is 5.52 Å². The maximum absolute atomic E-state index is 10.8. The summed E-state index contributed by atoms with van der Waals surface area (Å²) in [5.74, 6) is -0.0434. The van der Waals surface area contributed by atoms with E-state index in [1.165, 1.54) is 4.68 Å². The van der Waals surface area contributed by atoms with Gasteiger partial charge in [0.2, 0.25) is 5.91 Å². The van der Waals surface area contributed by atoms with Crippen molar-refractivity contribution in [1.82, 2.24) is 9.78 Å². The molecule has 15 heavy (non-hydrogen) atoms. The Hall–Kier alpha value is -1.56. The van der Waals surface area contributed by atoms with Gasteiger partial charge in [0.25, 0.3) is 0 Å². The van der Waals surface area contributed by atoms with Gasteiger partial charge in [0.1, 0.15) is 6.54 Å². The number of primary amides is 1. The maximum atomic E-state index is 10.8. The zero-order valence-corrected chi connectivity index (χ0v) is 9.36. The van der Waals surface area contributed by atoms with E-state index in [1.54, 1.807) is 0 Å². The average Bonchev–Trinajstić information content (AvgIpc) is 2.42. The largest absolute Gasteiger partial charge is 0.382 e. The molecule has 0 bridgehead atoms. The number of halogens is 1. The van der Waals surface area contributed by atoms with Crippen LogP contribution in [0.25, 0.3) is 10.9 Å². The van der Waals surface area contributed by atoms with Crippen LogP contribution in [0.15, 0.2) is 22.7 Å². The molecule has 0 aliphatic heterocycles. The number of benzene rings is 1. The summed E-state index contributed by atoms with van der Waals surface area (Å²) >= 11 is 3.34. The maximum Gasteiger partial charge on any atom is 0.239 e. The van der Waals surface area contributed by atoms with E-state index in [0.717, 1.165) is 15.4 Å². The molecular formula is C9H9BrN4O. The number of rotatable bonds is 2. The molecule has 0 aliphatic carbocycles. The SMILES string of the molecule is NC(=O)Cn1nc(N)c2ccc(Br)cc21. The summed E-state index contributed by atoms with van der Waals surface area (Å²) in [5, 5.41) is 4.86. The zero-order chi connectivity index (χ0) is 11.0. The Morgan fingerprint density at radius 2 is 2.27 bits per heavy atom. The molecule has 2 rings (SSSR count). The van der Waals surface area contributed by atoms with Crippen molar-refractivity contribution in [3.05, 3.63) is 22.7 Å². The molecule has 2 aromatic rings. The van der Waals surface area contributed by atoms with E-state index in [9.17, 15) is 4.79 Å². The summed E-state index contributed by atoms with van der Waals surface area (Å²) in [6.45, 7) is 0.0319. The highest BCUT2D eigenvalue weighted by molar-refractivity contribution is 9.10. The Bertz CT molecular complexity index is 534. The summed E-state index contributed by atoms with van der Waals surface area (Å²) in [7, 11) is 0. The second-order valence-electron chi connectivity index (χ2n) is 3.17. The van der Waals surface area contributed by atoms with Gasteiger partial charge in [0, 0.05) is 9.86 Å². The molecule has 0 radical (unpaired) electrons. The highest BCUT2D eigenvalue weighted by Gasteiger charge is 2.09. The minimum absolute atomic E-state index is 0.0319. The molecule has 0 spiro atoms. The second kappa shape index (κ2) is 3.54. The molecule has 0 atom stereocenters. The van der Waals surface area contributed by atoms with Gasteiger partial charge in [-0.3, -0.25) is 9.48 Å². The van der Waals surface area contributed by atoms with E-state index in [4.69, 9.17) is 11.5 Å². The molecule has 6 heteroatoms. The lowest BCUT2D eigenvalue weighted by Crippen LogP contribution is -2.19. The fourth-order valence-corrected chi connectivity index (χ4v) is 1.79. The number of aromatic nitrogens is 2. The van der Waals surface area contributed by atoms with E-state index in [-0.39, 0.29) is 6.54 Å². The molecule has 0 aliphatic rings. The molecule has 1 aromatic carbocycles. The van der Waals surface area contributed by atoms with Gasteiger partial charge in [-0.1, -0.05) is 15.9 Å². The molecule has 0 saturated heterocycles. The van der Waals surface area contributed by atoms with Crippen LogP contribution >= 0.6 is 15.9 Å². The molecule has 0 fully saturated rings. The van der Waals surface area contributed by atoms with Gasteiger partial charge in [-0.25, -0.2) is 0 Å². The molecule has 0 unspecified atom stereocenters. The number of amides is 1. The van der Waals surface area contributed by atoms with E-state index >= 15 is 0 Å². The monoisotopic (exact) mass is 268 g/mol. The number of nitrogen functional groups attached to an aromatic ring is 1. The summed E-state index contributed by atoms with van der Waals surface area (Å²) in [6, 6.07) is 5.57. The smallest absolute Gasteiger partial charge is 0.239 e. The van der Waals surface area contributed by atoms with Crippen molar-refractivity contribution in [1.29, 1.82) is 0 Å². The van der Waals surface area contributed by atoms with Gasteiger partial charge in [-0.05, 0) is 18.2 Å². The van der Waals surface area contributed by atoms with Crippen LogP contribution in [0.3, 0.4) is 0 Å². The van der Waals surface area contributed by atoms with E-state index in [0.29, 0.717) is 5.82 Å². The van der Waals surface area contributed by atoms with Gasteiger partial charge in [-0.15, -0.1) is 0 Å². The summed E-state index contributed by atoms with van der Waals surface area (Å²) in [5.41, 5.74) is 11.6. The van der Waals surface area contributed by atoms with Gasteiger partial charge in [0.15, 0.2) is 5.82 Å². The Kier molecular flexibility index (Phi) is 2.36. The minimum atomic E-state index is -0.445. The first-order chi connectivity index (χ1) is 7.08. The minimum Gasteiger partial charge on any atom is -0.382 e. The normalized spacial score (nSPS) is 10.7. The number of carbonyl (C=O) groups is 1. The third kappa shape index (κ3) is 1.80. The Morgan fingerprint density at radius 1 is 1.53 bits per heavy atom. The molecule has 1 amide bonds. The van der Waals surface area contributed by atoms with Crippen molar-refractivity contribution in [2.24, 2.45) is 5.73 Å². The summed E-state index contributed by atoms with van der Waals surface area (Å²) in [6.07, 6.45) is 0. The van der Waals surface area contributed by atoms with Crippen molar-refractivity contribution in [3.63, 3.8) is 0 Å². The first-order valence-electron chi connectivity index (χ1n) is 4.28. The van der Waals surface area contributed by atoms with Gasteiger partial charge < -0.3 is 11.5 Å². The van der Waals surface area contributed by atoms with Crippen molar-refractivity contribution in [2.45, 2.75) is 6.54 Å². The van der Waals surface area contributed by atoms with Crippen LogP contribution in [0.1, 0.15) is 0 Å². The van der Waals surface area contributed by atoms with Crippen LogP contribution in [0.2, 0.25) is 0 Å². The fraction of sp³-hybridized carbons (Fsp3) is 0.111. The summed E-state index contributed by atoms with van der Waals surface area (Å²) in [4.78, 5) is 10.8. The number of nitrogens with zero attached hydrogens (tertiary/aromatic N) is 2. The van der Waals surface area contributed by atoms with Crippen LogP contribution in [0.4, 0.5) is 5.82 Å². The molecule has 5 nitrogen and oxygen atoms in total. The Balaban J connectivity index is 2.64. The number of fused-ring (bicyclic) bond motifs is 1. The highest BCUT2D eigenvalue weighted by Crippen LogP contribution is 2.23. The Morgan fingerprint density at radius 3 is 2.93 bits per heavy atom. The Labute approximate surface area is 94.2 Å².